The number of aryl methyl sites for hydroxylation is 1. The van der Waals surface area contributed by atoms with Crippen molar-refractivity contribution in [2.24, 2.45) is 0 Å². The Bertz CT molecular complexity index is 1130. The standard InChI is InChI=1S/C24H30N4O4/c1-13(2)20-26-18-12-17(14(3)25-21(18)28-20)16-9-7-15(8-10-16)11-19(22(29)30)27-23(31)32-24(4,5)6/h7-10,12-13,19H,11H2,1-6H3,(H,27,31)(H,29,30)(H,25,26,28)/t19-/m0/s1. The van der Waals surface area contributed by atoms with Crippen molar-refractivity contribution >= 4 is 23.2 Å². The Balaban J connectivity index is 1.78. The van der Waals surface area contributed by atoms with Crippen LogP contribution in [0.5, 0.6) is 0 Å². The van der Waals surface area contributed by atoms with E-state index in [2.05, 4.69) is 34.1 Å². The van der Waals surface area contributed by atoms with Gasteiger partial charge in [-0.05, 0) is 44.9 Å². The molecule has 0 bridgehead atoms. The highest BCUT2D eigenvalue weighted by Crippen LogP contribution is 2.27. The minimum Gasteiger partial charge on any atom is -0.480 e. The minimum absolute atomic E-state index is 0.142. The van der Waals surface area contributed by atoms with Crippen LogP contribution in [0.4, 0.5) is 4.79 Å². The van der Waals surface area contributed by atoms with Gasteiger partial charge in [0.05, 0.1) is 5.52 Å². The first-order chi connectivity index (χ1) is 14.9. The highest BCUT2D eigenvalue weighted by molar-refractivity contribution is 5.81. The van der Waals surface area contributed by atoms with Crippen LogP contribution in [0.15, 0.2) is 30.3 Å². The number of aromatic amines is 1. The molecule has 8 heteroatoms. The van der Waals surface area contributed by atoms with Crippen LogP contribution in [-0.4, -0.2) is 43.8 Å². The molecule has 3 aromatic rings. The van der Waals surface area contributed by atoms with Crippen LogP contribution in [0, 0.1) is 6.92 Å². The summed E-state index contributed by atoms with van der Waals surface area (Å²) in [6.07, 6.45) is -0.611. The van der Waals surface area contributed by atoms with Crippen LogP contribution >= 0.6 is 0 Å². The summed E-state index contributed by atoms with van der Waals surface area (Å²) >= 11 is 0. The summed E-state index contributed by atoms with van der Waals surface area (Å²) < 4.78 is 5.17. The van der Waals surface area contributed by atoms with Gasteiger partial charge in [-0.3, -0.25) is 0 Å². The van der Waals surface area contributed by atoms with E-state index in [1.165, 1.54) is 0 Å². The largest absolute Gasteiger partial charge is 0.480 e. The second-order valence-electron chi connectivity index (χ2n) is 9.21. The van der Waals surface area contributed by atoms with Crippen molar-refractivity contribution in [1.29, 1.82) is 0 Å². The highest BCUT2D eigenvalue weighted by Gasteiger charge is 2.24. The van der Waals surface area contributed by atoms with Gasteiger partial charge in [0.2, 0.25) is 0 Å². The number of fused-ring (bicyclic) bond motifs is 1. The second-order valence-corrected chi connectivity index (χ2v) is 9.21. The molecule has 0 fully saturated rings. The normalized spacial score (nSPS) is 12.7. The number of aromatic nitrogens is 3. The van der Waals surface area contributed by atoms with Crippen LogP contribution in [0.2, 0.25) is 0 Å². The second kappa shape index (κ2) is 8.98. The number of alkyl carbamates (subject to hydrolysis) is 1. The van der Waals surface area contributed by atoms with Crippen LogP contribution in [0.1, 0.15) is 57.6 Å². The number of pyridine rings is 1. The number of rotatable bonds is 6. The minimum atomic E-state index is -1.12. The number of ether oxygens (including phenoxy) is 1. The zero-order valence-electron chi connectivity index (χ0n) is 19.3. The number of aliphatic carboxylic acids is 1. The van der Waals surface area contributed by atoms with Gasteiger partial charge in [-0.25, -0.2) is 19.6 Å². The molecule has 0 saturated carbocycles. The fourth-order valence-electron chi connectivity index (χ4n) is 3.32. The molecule has 0 saturated heterocycles. The number of nitrogens with zero attached hydrogens (tertiary/aromatic N) is 2. The maximum atomic E-state index is 12.0. The summed E-state index contributed by atoms with van der Waals surface area (Å²) in [7, 11) is 0. The molecule has 2 aromatic heterocycles. The first-order valence-electron chi connectivity index (χ1n) is 10.6. The molecular formula is C24H30N4O4. The van der Waals surface area contributed by atoms with E-state index in [-0.39, 0.29) is 12.3 Å². The van der Waals surface area contributed by atoms with Crippen molar-refractivity contribution in [3.05, 3.63) is 47.4 Å². The monoisotopic (exact) mass is 438 g/mol. The van der Waals surface area contributed by atoms with Gasteiger partial charge in [-0.15, -0.1) is 0 Å². The van der Waals surface area contributed by atoms with Gasteiger partial charge >= 0.3 is 12.1 Å². The van der Waals surface area contributed by atoms with Gasteiger partial charge in [-0.1, -0.05) is 38.1 Å². The lowest BCUT2D eigenvalue weighted by Gasteiger charge is -2.22. The number of carboxylic acid groups (broad SMARTS) is 1. The van der Waals surface area contributed by atoms with Gasteiger partial charge in [-0.2, -0.15) is 0 Å². The Hall–Kier alpha value is -3.42. The van der Waals surface area contributed by atoms with Gasteiger partial charge in [0.1, 0.15) is 17.5 Å². The Morgan fingerprint density at radius 2 is 1.81 bits per heavy atom. The van der Waals surface area contributed by atoms with E-state index >= 15 is 0 Å². The van der Waals surface area contributed by atoms with E-state index in [1.807, 2.05) is 37.3 Å². The first kappa shape index (κ1) is 23.2. The SMILES string of the molecule is Cc1nc2nc(C(C)C)[nH]c2cc1-c1ccc(C[C@H](NC(=O)OC(C)(C)C)C(=O)O)cc1. The first-order valence-corrected chi connectivity index (χ1v) is 10.6. The number of nitrogens with one attached hydrogen (secondary N) is 2. The third-order valence-electron chi connectivity index (χ3n) is 4.92. The number of hydrogen-bond donors (Lipinski definition) is 3. The van der Waals surface area contributed by atoms with E-state index < -0.39 is 23.7 Å². The number of carbonyl (C=O) groups excluding carboxylic acids is 1. The Kier molecular flexibility index (Phi) is 6.52. The number of carbonyl (C=O) groups is 2. The molecule has 0 spiro atoms. The fourth-order valence-corrected chi connectivity index (χ4v) is 3.32. The summed E-state index contributed by atoms with van der Waals surface area (Å²) in [6.45, 7) is 11.3. The fraction of sp³-hybridized carbons (Fsp3) is 0.417. The van der Waals surface area contributed by atoms with Gasteiger partial charge in [0.15, 0.2) is 5.65 Å². The number of amides is 1. The molecule has 1 amide bonds. The predicted octanol–water partition coefficient (Wildman–Crippen LogP) is 4.58. The smallest absolute Gasteiger partial charge is 0.408 e. The van der Waals surface area contributed by atoms with E-state index in [0.717, 1.165) is 33.7 Å². The molecule has 0 aliphatic rings. The zero-order valence-corrected chi connectivity index (χ0v) is 19.3. The lowest BCUT2D eigenvalue weighted by atomic mass is 9.99. The molecule has 32 heavy (non-hydrogen) atoms. The maximum absolute atomic E-state index is 12.0. The Labute approximate surface area is 187 Å². The van der Waals surface area contributed by atoms with E-state index in [0.29, 0.717) is 5.65 Å². The van der Waals surface area contributed by atoms with Crippen LogP contribution in [0.3, 0.4) is 0 Å². The quantitative estimate of drug-likeness (QED) is 0.519. The third kappa shape index (κ3) is 5.63. The summed E-state index contributed by atoms with van der Waals surface area (Å²) in [5, 5.41) is 11.9. The van der Waals surface area contributed by atoms with Crippen molar-refractivity contribution in [2.75, 3.05) is 0 Å². The molecule has 8 nitrogen and oxygen atoms in total. The molecular weight excluding hydrogens is 408 g/mol. The van der Waals surface area contributed by atoms with Gasteiger partial charge in [0, 0.05) is 23.6 Å². The molecule has 170 valence electrons. The molecule has 1 atom stereocenters. The van der Waals surface area contributed by atoms with Crippen molar-refractivity contribution < 1.29 is 19.4 Å². The molecule has 1 aromatic carbocycles. The molecule has 0 radical (unpaired) electrons. The van der Waals surface area contributed by atoms with Crippen molar-refractivity contribution in [3.8, 4) is 11.1 Å². The summed E-state index contributed by atoms with van der Waals surface area (Å²) in [5.41, 5.74) is 4.47. The average Bonchev–Trinajstić information content (AvgIpc) is 3.09. The van der Waals surface area contributed by atoms with Crippen LogP contribution < -0.4 is 5.32 Å². The number of H-pyrrole nitrogens is 1. The molecule has 0 unspecified atom stereocenters. The molecule has 2 heterocycles. The van der Waals surface area contributed by atoms with Crippen LogP contribution in [0.25, 0.3) is 22.3 Å². The van der Waals surface area contributed by atoms with E-state index in [9.17, 15) is 14.7 Å². The van der Waals surface area contributed by atoms with Gasteiger partial charge < -0.3 is 20.1 Å². The van der Waals surface area contributed by atoms with Crippen molar-refractivity contribution in [1.82, 2.24) is 20.3 Å². The number of carboxylic acids is 1. The lowest BCUT2D eigenvalue weighted by Crippen LogP contribution is -2.44. The van der Waals surface area contributed by atoms with Crippen molar-refractivity contribution in [3.63, 3.8) is 0 Å². The molecule has 0 aliphatic heterocycles. The Morgan fingerprint density at radius 1 is 1.16 bits per heavy atom. The molecule has 3 rings (SSSR count). The van der Waals surface area contributed by atoms with E-state index in [4.69, 9.17) is 4.74 Å². The Morgan fingerprint density at radius 3 is 2.38 bits per heavy atom. The third-order valence-corrected chi connectivity index (χ3v) is 4.92. The van der Waals surface area contributed by atoms with Crippen LogP contribution in [-0.2, 0) is 16.0 Å². The zero-order chi connectivity index (χ0) is 23.6. The summed E-state index contributed by atoms with van der Waals surface area (Å²) in [5.74, 6) is 0.0611. The molecule has 0 aliphatic carbocycles. The number of hydrogen-bond acceptors (Lipinski definition) is 5. The topological polar surface area (TPSA) is 117 Å². The predicted molar refractivity (Wildman–Crippen MR) is 123 cm³/mol. The lowest BCUT2D eigenvalue weighted by molar-refractivity contribution is -0.139. The van der Waals surface area contributed by atoms with Crippen molar-refractivity contribution in [2.45, 2.75) is 65.5 Å². The van der Waals surface area contributed by atoms with E-state index in [1.54, 1.807) is 20.8 Å². The molecule has 3 N–H and O–H groups in total. The summed E-state index contributed by atoms with van der Waals surface area (Å²) in [4.78, 5) is 36.1. The highest BCUT2D eigenvalue weighted by atomic mass is 16.6. The average molecular weight is 439 g/mol. The maximum Gasteiger partial charge on any atom is 0.408 e. The van der Waals surface area contributed by atoms with Gasteiger partial charge in [0.25, 0.3) is 0 Å². The number of benzene rings is 1. The summed E-state index contributed by atoms with van der Waals surface area (Å²) in [6, 6.07) is 8.52. The number of imidazole rings is 1.